The van der Waals surface area contributed by atoms with Crippen LogP contribution in [-0.4, -0.2) is 10.2 Å². The molecule has 68 valence electrons. The van der Waals surface area contributed by atoms with E-state index in [1.807, 2.05) is 0 Å². The predicted molar refractivity (Wildman–Crippen MR) is 44.6 cm³/mol. The molecule has 0 spiro atoms. The molecule has 1 unspecified atom stereocenters. The second kappa shape index (κ2) is 3.02. The highest BCUT2D eigenvalue weighted by molar-refractivity contribution is 5.49. The Hall–Kier alpha value is -1.62. The van der Waals surface area contributed by atoms with Crippen LogP contribution < -0.4 is 5.73 Å². The van der Waals surface area contributed by atoms with Crippen molar-refractivity contribution in [3.63, 3.8) is 0 Å². The monoisotopic (exact) mass is 179 g/mol. The fourth-order valence-corrected chi connectivity index (χ4v) is 0.921. The Morgan fingerprint density at radius 3 is 2.85 bits per heavy atom. The molecule has 2 aromatic heterocycles. The molecule has 0 radical (unpaired) electrons. The van der Waals surface area contributed by atoms with Crippen LogP contribution in [0.2, 0.25) is 0 Å². The van der Waals surface area contributed by atoms with Crippen molar-refractivity contribution in [1.29, 1.82) is 0 Å². The molecular weight excluding hydrogens is 170 g/mol. The van der Waals surface area contributed by atoms with Gasteiger partial charge in [0.05, 0.1) is 17.9 Å². The summed E-state index contributed by atoms with van der Waals surface area (Å²) < 4.78 is 10.2. The highest BCUT2D eigenvalue weighted by Gasteiger charge is 2.11. The van der Waals surface area contributed by atoms with Crippen molar-refractivity contribution >= 4 is 0 Å². The minimum Gasteiger partial charge on any atom is -0.472 e. The molecule has 5 heteroatoms. The molecule has 0 saturated heterocycles. The van der Waals surface area contributed by atoms with E-state index in [2.05, 4.69) is 10.2 Å². The summed E-state index contributed by atoms with van der Waals surface area (Å²) in [6, 6.07) is 1.51. The van der Waals surface area contributed by atoms with Gasteiger partial charge in [0.2, 0.25) is 5.89 Å². The molecule has 0 aliphatic heterocycles. The van der Waals surface area contributed by atoms with Gasteiger partial charge < -0.3 is 14.6 Å². The van der Waals surface area contributed by atoms with Gasteiger partial charge in [0.15, 0.2) is 0 Å². The average molecular weight is 179 g/mol. The lowest BCUT2D eigenvalue weighted by Gasteiger charge is -1.93. The zero-order valence-electron chi connectivity index (χ0n) is 7.10. The van der Waals surface area contributed by atoms with Crippen LogP contribution in [0, 0.1) is 0 Å². The van der Waals surface area contributed by atoms with Crippen LogP contribution >= 0.6 is 0 Å². The minimum absolute atomic E-state index is 0.242. The van der Waals surface area contributed by atoms with Gasteiger partial charge in [-0.25, -0.2) is 0 Å². The van der Waals surface area contributed by atoms with Crippen molar-refractivity contribution in [2.75, 3.05) is 0 Å². The Balaban J connectivity index is 2.33. The Morgan fingerprint density at radius 1 is 1.46 bits per heavy atom. The van der Waals surface area contributed by atoms with Gasteiger partial charge in [0, 0.05) is 0 Å². The number of rotatable bonds is 2. The summed E-state index contributed by atoms with van der Waals surface area (Å²) in [7, 11) is 0. The van der Waals surface area contributed by atoms with E-state index < -0.39 is 0 Å². The SMILES string of the molecule is CC(N)c1nnc(-c2ccoc2)o1. The Bertz CT molecular complexity index is 378. The van der Waals surface area contributed by atoms with Gasteiger partial charge in [-0.3, -0.25) is 0 Å². The van der Waals surface area contributed by atoms with E-state index in [-0.39, 0.29) is 6.04 Å². The molecule has 5 nitrogen and oxygen atoms in total. The summed E-state index contributed by atoms with van der Waals surface area (Å²) in [5.41, 5.74) is 6.32. The summed E-state index contributed by atoms with van der Waals surface area (Å²) in [5.74, 6) is 0.859. The van der Waals surface area contributed by atoms with Gasteiger partial charge in [-0.1, -0.05) is 0 Å². The summed E-state index contributed by atoms with van der Waals surface area (Å²) in [6.07, 6.45) is 3.09. The Labute approximate surface area is 74.6 Å². The van der Waals surface area contributed by atoms with Crippen molar-refractivity contribution in [1.82, 2.24) is 10.2 Å². The summed E-state index contributed by atoms with van der Waals surface area (Å²) in [6.45, 7) is 1.78. The summed E-state index contributed by atoms with van der Waals surface area (Å²) >= 11 is 0. The highest BCUT2D eigenvalue weighted by atomic mass is 16.4. The Morgan fingerprint density at radius 2 is 2.31 bits per heavy atom. The van der Waals surface area contributed by atoms with Crippen LogP contribution in [0.25, 0.3) is 11.5 Å². The molecular formula is C8H9N3O2. The molecule has 0 fully saturated rings. The molecule has 0 amide bonds. The molecule has 2 rings (SSSR count). The van der Waals surface area contributed by atoms with Crippen LogP contribution in [-0.2, 0) is 0 Å². The van der Waals surface area contributed by atoms with E-state index >= 15 is 0 Å². The maximum Gasteiger partial charge on any atom is 0.251 e. The number of hydrogen-bond donors (Lipinski definition) is 1. The molecule has 0 aliphatic rings. The van der Waals surface area contributed by atoms with Crippen molar-refractivity contribution in [3.05, 3.63) is 24.5 Å². The van der Waals surface area contributed by atoms with Gasteiger partial charge in [-0.2, -0.15) is 0 Å². The lowest BCUT2D eigenvalue weighted by Crippen LogP contribution is -2.04. The topological polar surface area (TPSA) is 78.1 Å². The average Bonchev–Trinajstić information content (AvgIpc) is 2.75. The molecule has 0 saturated carbocycles. The van der Waals surface area contributed by atoms with Crippen molar-refractivity contribution < 1.29 is 8.83 Å². The third kappa shape index (κ3) is 1.46. The van der Waals surface area contributed by atoms with Crippen molar-refractivity contribution in [2.45, 2.75) is 13.0 Å². The first kappa shape index (κ1) is 8.00. The second-order valence-corrected chi connectivity index (χ2v) is 2.75. The number of nitrogens with zero attached hydrogens (tertiary/aromatic N) is 2. The molecule has 0 aromatic carbocycles. The Kier molecular flexibility index (Phi) is 1.86. The van der Waals surface area contributed by atoms with E-state index in [1.54, 1.807) is 25.5 Å². The molecule has 1 atom stereocenters. The predicted octanol–water partition coefficient (Wildman–Crippen LogP) is 1.35. The summed E-state index contributed by atoms with van der Waals surface area (Å²) in [4.78, 5) is 0. The standard InChI is InChI=1S/C8H9N3O2/c1-5(9)7-10-11-8(13-7)6-2-3-12-4-6/h2-5H,9H2,1H3. The number of nitrogens with two attached hydrogens (primary N) is 1. The zero-order valence-corrected chi connectivity index (χ0v) is 7.10. The maximum absolute atomic E-state index is 5.56. The van der Waals surface area contributed by atoms with Crippen LogP contribution in [0.4, 0.5) is 0 Å². The van der Waals surface area contributed by atoms with Crippen molar-refractivity contribution in [3.8, 4) is 11.5 Å². The van der Waals surface area contributed by atoms with Crippen LogP contribution in [0.5, 0.6) is 0 Å². The number of hydrogen-bond acceptors (Lipinski definition) is 5. The fourth-order valence-electron chi connectivity index (χ4n) is 0.921. The van der Waals surface area contributed by atoms with E-state index in [9.17, 15) is 0 Å². The van der Waals surface area contributed by atoms with Gasteiger partial charge >= 0.3 is 0 Å². The molecule has 2 heterocycles. The molecule has 0 bridgehead atoms. The van der Waals surface area contributed by atoms with Crippen LogP contribution in [0.15, 0.2) is 27.4 Å². The molecule has 0 aliphatic carbocycles. The van der Waals surface area contributed by atoms with Crippen molar-refractivity contribution in [2.24, 2.45) is 5.73 Å². The first-order chi connectivity index (χ1) is 6.27. The smallest absolute Gasteiger partial charge is 0.251 e. The summed E-state index contributed by atoms with van der Waals surface area (Å²) in [5, 5.41) is 7.61. The lowest BCUT2D eigenvalue weighted by atomic mass is 10.3. The first-order valence-electron chi connectivity index (χ1n) is 3.89. The number of aromatic nitrogens is 2. The van der Waals surface area contributed by atoms with Gasteiger partial charge in [0.1, 0.15) is 6.26 Å². The normalized spacial score (nSPS) is 13.1. The third-order valence-electron chi connectivity index (χ3n) is 1.60. The van der Waals surface area contributed by atoms with E-state index in [1.165, 1.54) is 0 Å². The molecule has 2 N–H and O–H groups in total. The first-order valence-corrected chi connectivity index (χ1v) is 3.89. The lowest BCUT2D eigenvalue weighted by molar-refractivity contribution is 0.472. The molecule has 2 aromatic rings. The number of furan rings is 1. The van der Waals surface area contributed by atoms with Crippen LogP contribution in [0.3, 0.4) is 0 Å². The van der Waals surface area contributed by atoms with Gasteiger partial charge in [-0.15, -0.1) is 10.2 Å². The fraction of sp³-hybridized carbons (Fsp3) is 0.250. The van der Waals surface area contributed by atoms with Gasteiger partial charge in [0.25, 0.3) is 5.89 Å². The van der Waals surface area contributed by atoms with Crippen LogP contribution in [0.1, 0.15) is 18.9 Å². The van der Waals surface area contributed by atoms with E-state index in [4.69, 9.17) is 14.6 Å². The largest absolute Gasteiger partial charge is 0.472 e. The second-order valence-electron chi connectivity index (χ2n) is 2.75. The van der Waals surface area contributed by atoms with E-state index in [0.717, 1.165) is 5.56 Å². The maximum atomic E-state index is 5.56. The molecule has 13 heavy (non-hydrogen) atoms. The minimum atomic E-state index is -0.242. The zero-order chi connectivity index (χ0) is 9.26. The van der Waals surface area contributed by atoms with Gasteiger partial charge in [-0.05, 0) is 13.0 Å². The van der Waals surface area contributed by atoms with E-state index in [0.29, 0.717) is 11.8 Å². The third-order valence-corrected chi connectivity index (χ3v) is 1.60. The quantitative estimate of drug-likeness (QED) is 0.752. The highest BCUT2D eigenvalue weighted by Crippen LogP contribution is 2.19.